The second-order valence-electron chi connectivity index (χ2n) is 9.56. The van der Waals surface area contributed by atoms with Crippen molar-refractivity contribution in [1.29, 1.82) is 0 Å². The summed E-state index contributed by atoms with van der Waals surface area (Å²) in [7, 11) is 0. The van der Waals surface area contributed by atoms with Crippen molar-refractivity contribution in [2.24, 2.45) is 0 Å². The molecule has 10 heteroatoms. The van der Waals surface area contributed by atoms with Crippen LogP contribution in [0, 0.1) is 0 Å². The largest absolute Gasteiger partial charge is 0.381 e. The summed E-state index contributed by atoms with van der Waals surface area (Å²) in [5, 5.41) is 6.55. The first kappa shape index (κ1) is 25.4. The molecule has 37 heavy (non-hydrogen) atoms. The molecule has 2 amide bonds. The van der Waals surface area contributed by atoms with Crippen LogP contribution in [0.3, 0.4) is 0 Å². The SMILES string of the molecule is CC(NC(=O)CN1Cc2ccc(-c3nc(NC4CCOCC4)ncc3Cl)cc2C1=O)C1=C(F)C=CCC1. The molecule has 2 N–H and O–H groups in total. The van der Waals surface area contributed by atoms with Crippen LogP contribution in [-0.2, 0) is 16.1 Å². The molecule has 2 aromatic rings. The fourth-order valence-electron chi connectivity index (χ4n) is 4.92. The van der Waals surface area contributed by atoms with Gasteiger partial charge in [-0.25, -0.2) is 14.4 Å². The van der Waals surface area contributed by atoms with Crippen LogP contribution >= 0.6 is 11.6 Å². The zero-order valence-electron chi connectivity index (χ0n) is 20.6. The van der Waals surface area contributed by atoms with E-state index >= 15 is 0 Å². The zero-order chi connectivity index (χ0) is 25.9. The molecule has 1 aromatic heterocycles. The van der Waals surface area contributed by atoms with Gasteiger partial charge in [-0.05, 0) is 55.9 Å². The minimum atomic E-state index is -0.437. The monoisotopic (exact) mass is 525 g/mol. The molecular weight excluding hydrogens is 497 g/mol. The molecule has 0 spiro atoms. The highest BCUT2D eigenvalue weighted by Crippen LogP contribution is 2.32. The molecule has 1 aromatic carbocycles. The van der Waals surface area contributed by atoms with Crippen LogP contribution in [0.1, 0.15) is 48.5 Å². The second-order valence-corrected chi connectivity index (χ2v) is 9.96. The van der Waals surface area contributed by atoms with Gasteiger partial charge >= 0.3 is 0 Å². The second kappa shape index (κ2) is 11.0. The van der Waals surface area contributed by atoms with Gasteiger partial charge in [0.15, 0.2) is 0 Å². The summed E-state index contributed by atoms with van der Waals surface area (Å²) < 4.78 is 19.5. The first-order valence-electron chi connectivity index (χ1n) is 12.5. The van der Waals surface area contributed by atoms with Gasteiger partial charge in [0, 0.05) is 36.9 Å². The topological polar surface area (TPSA) is 96.5 Å². The number of nitrogens with one attached hydrogen (secondary N) is 2. The van der Waals surface area contributed by atoms with Gasteiger partial charge in [-0.2, -0.15) is 0 Å². The number of amides is 2. The summed E-state index contributed by atoms with van der Waals surface area (Å²) in [4.78, 5) is 36.2. The molecule has 1 aliphatic carbocycles. The quantitative estimate of drug-likeness (QED) is 0.555. The number of nitrogens with zero attached hydrogens (tertiary/aromatic N) is 3. The van der Waals surface area contributed by atoms with Crippen molar-refractivity contribution in [2.75, 3.05) is 25.1 Å². The predicted molar refractivity (Wildman–Crippen MR) is 139 cm³/mol. The Morgan fingerprint density at radius 2 is 2.14 bits per heavy atom. The van der Waals surface area contributed by atoms with E-state index in [9.17, 15) is 14.0 Å². The van der Waals surface area contributed by atoms with Crippen molar-refractivity contribution in [3.05, 3.63) is 64.1 Å². The molecule has 3 heterocycles. The maximum absolute atomic E-state index is 14.1. The van der Waals surface area contributed by atoms with Crippen molar-refractivity contribution in [2.45, 2.75) is 51.2 Å². The maximum Gasteiger partial charge on any atom is 0.254 e. The molecule has 1 atom stereocenters. The van der Waals surface area contributed by atoms with E-state index in [2.05, 4.69) is 20.6 Å². The fourth-order valence-corrected chi connectivity index (χ4v) is 5.12. The standard InChI is InChI=1S/C27H29ClFN5O3/c1-16(20-4-2-3-5-23(20)29)31-24(35)15-34-14-18-7-6-17(12-21(18)26(34)36)25-22(28)13-30-27(33-25)32-19-8-10-37-11-9-19/h3,5-7,12-13,16,19H,2,4,8-11,14-15H2,1H3,(H,31,35)(H,30,32,33). The lowest BCUT2D eigenvalue weighted by atomic mass is 9.98. The van der Waals surface area contributed by atoms with Crippen molar-refractivity contribution in [3.8, 4) is 11.3 Å². The van der Waals surface area contributed by atoms with E-state index in [-0.39, 0.29) is 30.2 Å². The van der Waals surface area contributed by atoms with E-state index < -0.39 is 6.04 Å². The molecule has 1 unspecified atom stereocenters. The van der Waals surface area contributed by atoms with Gasteiger partial charge in [-0.15, -0.1) is 0 Å². The zero-order valence-corrected chi connectivity index (χ0v) is 21.4. The molecule has 8 nitrogen and oxygen atoms in total. The molecule has 5 rings (SSSR count). The Kier molecular flexibility index (Phi) is 7.53. The normalized spacial score (nSPS) is 18.7. The molecule has 2 aliphatic heterocycles. The highest BCUT2D eigenvalue weighted by Gasteiger charge is 2.30. The molecule has 1 saturated heterocycles. The number of allylic oxidation sites excluding steroid dienone is 3. The fraction of sp³-hybridized carbons (Fsp3) is 0.407. The van der Waals surface area contributed by atoms with E-state index in [0.717, 1.165) is 24.8 Å². The number of hydrogen-bond donors (Lipinski definition) is 2. The van der Waals surface area contributed by atoms with Crippen molar-refractivity contribution in [3.63, 3.8) is 0 Å². The van der Waals surface area contributed by atoms with Gasteiger partial charge in [0.2, 0.25) is 11.9 Å². The van der Waals surface area contributed by atoms with Crippen molar-refractivity contribution >= 4 is 29.4 Å². The Morgan fingerprint density at radius 1 is 1.32 bits per heavy atom. The smallest absolute Gasteiger partial charge is 0.254 e. The average molecular weight is 526 g/mol. The van der Waals surface area contributed by atoms with E-state index in [1.54, 1.807) is 25.3 Å². The molecule has 3 aliphatic rings. The summed E-state index contributed by atoms with van der Waals surface area (Å²) in [5.41, 5.74) is 3.14. The number of ether oxygens (including phenoxy) is 1. The summed E-state index contributed by atoms with van der Waals surface area (Å²) in [6.07, 6.45) is 7.83. The third kappa shape index (κ3) is 5.67. The Morgan fingerprint density at radius 3 is 2.92 bits per heavy atom. The first-order valence-corrected chi connectivity index (χ1v) is 12.9. The summed E-state index contributed by atoms with van der Waals surface area (Å²) in [6, 6.07) is 5.29. The van der Waals surface area contributed by atoms with Crippen molar-refractivity contribution in [1.82, 2.24) is 20.2 Å². The number of carbonyl (C=O) groups excluding carboxylic acids is 2. The van der Waals surface area contributed by atoms with Gasteiger partial charge in [0.1, 0.15) is 12.4 Å². The highest BCUT2D eigenvalue weighted by atomic mass is 35.5. The number of anilines is 1. The lowest BCUT2D eigenvalue weighted by molar-refractivity contribution is -0.122. The number of benzene rings is 1. The van der Waals surface area contributed by atoms with Crippen LogP contribution in [0.4, 0.5) is 10.3 Å². The van der Waals surface area contributed by atoms with E-state index in [1.807, 2.05) is 12.1 Å². The van der Waals surface area contributed by atoms with Gasteiger partial charge in [0.25, 0.3) is 5.91 Å². The highest BCUT2D eigenvalue weighted by molar-refractivity contribution is 6.33. The third-order valence-electron chi connectivity index (χ3n) is 6.95. The molecule has 194 valence electrons. The molecule has 0 saturated carbocycles. The van der Waals surface area contributed by atoms with E-state index in [1.165, 1.54) is 11.0 Å². The Labute approximate surface area is 220 Å². The summed E-state index contributed by atoms with van der Waals surface area (Å²) in [6.45, 7) is 3.38. The lowest BCUT2D eigenvalue weighted by Crippen LogP contribution is -2.42. The lowest BCUT2D eigenvalue weighted by Gasteiger charge is -2.23. The van der Waals surface area contributed by atoms with Crippen LogP contribution in [0.2, 0.25) is 5.02 Å². The average Bonchev–Trinajstić information content (AvgIpc) is 3.20. The molecule has 0 radical (unpaired) electrons. The van der Waals surface area contributed by atoms with Crippen LogP contribution in [-0.4, -0.2) is 58.5 Å². The number of carbonyl (C=O) groups is 2. The third-order valence-corrected chi connectivity index (χ3v) is 7.22. The number of hydrogen-bond acceptors (Lipinski definition) is 6. The molecule has 1 fully saturated rings. The summed E-state index contributed by atoms with van der Waals surface area (Å²) >= 11 is 6.43. The van der Waals surface area contributed by atoms with Crippen LogP contribution in [0.15, 0.2) is 47.9 Å². The van der Waals surface area contributed by atoms with Gasteiger partial charge in [-0.3, -0.25) is 9.59 Å². The van der Waals surface area contributed by atoms with E-state index in [0.29, 0.717) is 59.5 Å². The van der Waals surface area contributed by atoms with Crippen LogP contribution < -0.4 is 10.6 Å². The first-order chi connectivity index (χ1) is 17.9. The minimum Gasteiger partial charge on any atom is -0.381 e. The molecular formula is C27H29ClFN5O3. The summed E-state index contributed by atoms with van der Waals surface area (Å²) in [5.74, 6) is -0.390. The van der Waals surface area contributed by atoms with Gasteiger partial charge in [0.05, 0.1) is 23.0 Å². The predicted octanol–water partition coefficient (Wildman–Crippen LogP) is 4.42. The number of fused-ring (bicyclic) bond motifs is 1. The Bertz CT molecular complexity index is 1270. The number of rotatable bonds is 7. The Hall–Kier alpha value is -3.30. The van der Waals surface area contributed by atoms with Crippen LogP contribution in [0.25, 0.3) is 11.3 Å². The Balaban J connectivity index is 1.27. The van der Waals surface area contributed by atoms with Crippen LogP contribution in [0.5, 0.6) is 0 Å². The molecule has 0 bridgehead atoms. The van der Waals surface area contributed by atoms with E-state index in [4.69, 9.17) is 16.3 Å². The maximum atomic E-state index is 14.1. The number of aromatic nitrogens is 2. The van der Waals surface area contributed by atoms with Crippen molar-refractivity contribution < 1.29 is 18.7 Å². The minimum absolute atomic E-state index is 0.106. The number of halogens is 2. The van der Waals surface area contributed by atoms with Gasteiger partial charge < -0.3 is 20.3 Å². The van der Waals surface area contributed by atoms with Gasteiger partial charge in [-0.1, -0.05) is 29.8 Å².